The van der Waals surface area contributed by atoms with Gasteiger partial charge in [0.2, 0.25) is 0 Å². The van der Waals surface area contributed by atoms with Gasteiger partial charge in [-0.2, -0.15) is 0 Å². The number of hydrogen-bond acceptors (Lipinski definition) is 0. The molecule has 1 aromatic rings. The molecule has 1 rings (SSSR count). The topological polar surface area (TPSA) is 9.86 Å². The molecule has 1 heterocycles. The van der Waals surface area contributed by atoms with Crippen molar-refractivity contribution in [2.45, 2.75) is 13.1 Å². The summed E-state index contributed by atoms with van der Waals surface area (Å²) in [5.41, 5.74) is 0. The molecule has 0 fully saturated rings. The van der Waals surface area contributed by atoms with Crippen LogP contribution in [0.3, 0.4) is 0 Å². The summed E-state index contributed by atoms with van der Waals surface area (Å²) in [6.07, 6.45) is 7.54. The molecule has 1 aromatic heterocycles. The molecule has 0 unspecified atom stereocenters. The molecule has 3 heteroatoms. The van der Waals surface area contributed by atoms with Gasteiger partial charge in [0.05, 0.1) is 0 Å². The van der Waals surface area contributed by atoms with Crippen molar-refractivity contribution in [1.29, 1.82) is 0 Å². The monoisotopic (exact) mass is 211 g/mol. The first kappa shape index (κ1) is 9.30. The van der Waals surface area contributed by atoms with Crippen LogP contribution in [0.1, 0.15) is 0 Å². The first-order valence-corrected chi connectivity index (χ1v) is 4.18. The zero-order valence-corrected chi connectivity index (χ0v) is 7.78. The van der Waals surface area contributed by atoms with E-state index in [1.807, 2.05) is 33.7 Å². The van der Waals surface area contributed by atoms with Crippen LogP contribution in [-0.2, 0) is 28.7 Å². The molecule has 0 aliphatic rings. The van der Waals surface area contributed by atoms with Crippen LogP contribution in [0.5, 0.6) is 0 Å². The summed E-state index contributed by atoms with van der Waals surface area (Å²) in [6, 6.07) is 0. The van der Waals surface area contributed by atoms with Gasteiger partial charge in [-0.3, -0.25) is 0 Å². The Morgan fingerprint density at radius 3 is 1.92 bits per heavy atom. The van der Waals surface area contributed by atoms with Crippen molar-refractivity contribution < 1.29 is 15.6 Å². The van der Waals surface area contributed by atoms with Gasteiger partial charge in [-0.15, -0.1) is 0 Å². The Morgan fingerprint density at radius 2 is 1.58 bits per heavy atom. The Hall–Kier alpha value is -0.791. The van der Waals surface area contributed by atoms with Crippen molar-refractivity contribution in [2.24, 2.45) is 0 Å². The van der Waals surface area contributed by atoms with Gasteiger partial charge >= 0.3 is 79.8 Å². The zero-order valence-electron chi connectivity index (χ0n) is 6.83. The summed E-state index contributed by atoms with van der Waals surface area (Å²) >= 11 is 5.34. The molecule has 0 amide bonds. The standard InChI is InChI=1S/C9H12N2.Cu/c1-3-5-10-7-8-11(9-10)6-4-2;/h3-4,7-8H,1-2,5-6H2;. The van der Waals surface area contributed by atoms with Gasteiger partial charge in [0.1, 0.15) is 0 Å². The van der Waals surface area contributed by atoms with Gasteiger partial charge in [-0.05, 0) is 0 Å². The molecular formula is C9H12CuN2. The zero-order chi connectivity index (χ0) is 8.97. The minimum absolute atomic E-state index is 0.762. The van der Waals surface area contributed by atoms with Crippen LogP contribution in [0.25, 0.3) is 0 Å². The van der Waals surface area contributed by atoms with Crippen molar-refractivity contribution >= 4 is 0 Å². The molecule has 0 atom stereocenters. The molecule has 0 radical (unpaired) electrons. The molecule has 0 saturated heterocycles. The molecule has 0 aliphatic carbocycles. The summed E-state index contributed by atoms with van der Waals surface area (Å²) < 4.78 is 4.70. The summed E-state index contributed by atoms with van der Waals surface area (Å²) in [4.78, 5) is 0. The van der Waals surface area contributed by atoms with Crippen LogP contribution in [0.4, 0.5) is 0 Å². The third-order valence-corrected chi connectivity index (χ3v) is 2.05. The van der Waals surface area contributed by atoms with E-state index in [1.54, 1.807) is 0 Å². The Morgan fingerprint density at radius 1 is 1.17 bits per heavy atom. The fraction of sp³-hybridized carbons (Fsp3) is 0.222. The van der Waals surface area contributed by atoms with Gasteiger partial charge in [0.15, 0.2) is 0 Å². The first-order chi connectivity index (χ1) is 5.79. The number of allylic oxidation sites excluding steroid dienone is 2. The Bertz CT molecular complexity index is 302. The van der Waals surface area contributed by atoms with E-state index in [0.717, 1.165) is 17.4 Å². The van der Waals surface area contributed by atoms with E-state index in [0.29, 0.717) is 0 Å². The molecule has 69 valence electrons. The van der Waals surface area contributed by atoms with Crippen LogP contribution in [0.15, 0.2) is 37.7 Å². The maximum atomic E-state index is 5.34. The summed E-state index contributed by atoms with van der Waals surface area (Å²) in [5, 5.41) is 0. The SMILES string of the molecule is C=CCn1ccn(CC=C)[c]1=[Cu]. The molecule has 12 heavy (non-hydrogen) atoms. The second-order valence-electron chi connectivity index (χ2n) is 2.42. The average molecular weight is 212 g/mol. The Labute approximate surface area is 80.2 Å². The third-order valence-electron chi connectivity index (χ3n) is 1.51. The number of hydrogen-bond donors (Lipinski definition) is 0. The van der Waals surface area contributed by atoms with Crippen molar-refractivity contribution in [3.8, 4) is 0 Å². The number of rotatable bonds is 4. The average Bonchev–Trinajstić information content (AvgIpc) is 2.38. The number of aromatic nitrogens is 2. The second kappa shape index (κ2) is 4.29. The predicted octanol–water partition coefficient (Wildman–Crippen LogP) is 1.74. The molecule has 0 N–H and O–H groups in total. The van der Waals surface area contributed by atoms with Crippen LogP contribution < -0.4 is 0 Å². The van der Waals surface area contributed by atoms with E-state index in [4.69, 9.17) is 15.6 Å². The maximum absolute atomic E-state index is 5.34. The van der Waals surface area contributed by atoms with E-state index in [-0.39, 0.29) is 0 Å². The van der Waals surface area contributed by atoms with E-state index in [2.05, 4.69) is 13.2 Å². The summed E-state index contributed by atoms with van der Waals surface area (Å²) in [7, 11) is 0. The molecular weight excluding hydrogens is 200 g/mol. The fourth-order valence-corrected chi connectivity index (χ4v) is 1.29. The normalized spacial score (nSPS) is 9.83. The molecule has 2 nitrogen and oxygen atoms in total. The van der Waals surface area contributed by atoms with Gasteiger partial charge in [-0.1, -0.05) is 0 Å². The first-order valence-electron chi connectivity index (χ1n) is 3.71. The van der Waals surface area contributed by atoms with Crippen molar-refractivity contribution in [2.75, 3.05) is 0 Å². The van der Waals surface area contributed by atoms with Crippen LogP contribution in [-0.4, -0.2) is 9.13 Å². The quantitative estimate of drug-likeness (QED) is 0.531. The van der Waals surface area contributed by atoms with Gasteiger partial charge in [0, 0.05) is 0 Å². The number of nitrogens with zero attached hydrogens (tertiary/aromatic N) is 2. The number of imidazole rings is 1. The van der Waals surface area contributed by atoms with Crippen LogP contribution in [0, 0.1) is 4.32 Å². The second-order valence-corrected chi connectivity index (χ2v) is 2.84. The Kier molecular flexibility index (Phi) is 3.32. The van der Waals surface area contributed by atoms with Gasteiger partial charge in [0.25, 0.3) is 0 Å². The van der Waals surface area contributed by atoms with Crippen LogP contribution in [0.2, 0.25) is 0 Å². The van der Waals surface area contributed by atoms with Crippen LogP contribution >= 0.6 is 0 Å². The van der Waals surface area contributed by atoms with E-state index in [1.165, 1.54) is 0 Å². The molecule has 0 aliphatic heterocycles. The molecule has 0 aromatic carbocycles. The summed E-state index contributed by atoms with van der Waals surface area (Å²) in [5.74, 6) is 0. The molecule has 0 spiro atoms. The third kappa shape index (κ3) is 1.87. The van der Waals surface area contributed by atoms with Gasteiger partial charge in [-0.25, -0.2) is 0 Å². The Balaban J connectivity index is 2.95. The molecule has 0 saturated carbocycles. The van der Waals surface area contributed by atoms with E-state index < -0.39 is 0 Å². The van der Waals surface area contributed by atoms with E-state index in [9.17, 15) is 0 Å². The predicted molar refractivity (Wildman–Crippen MR) is 46.1 cm³/mol. The summed E-state index contributed by atoms with van der Waals surface area (Å²) in [6.45, 7) is 8.83. The van der Waals surface area contributed by atoms with Crippen molar-refractivity contribution in [1.82, 2.24) is 9.13 Å². The van der Waals surface area contributed by atoms with Crippen molar-refractivity contribution in [3.63, 3.8) is 0 Å². The van der Waals surface area contributed by atoms with Gasteiger partial charge < -0.3 is 0 Å². The fourth-order valence-electron chi connectivity index (χ4n) is 0.974. The molecule has 0 bridgehead atoms. The van der Waals surface area contributed by atoms with E-state index >= 15 is 0 Å². The van der Waals surface area contributed by atoms with Crippen molar-refractivity contribution in [3.05, 3.63) is 42.0 Å². The minimum atomic E-state index is 0.762.